The highest BCUT2D eigenvalue weighted by atomic mass is 16.3. The quantitative estimate of drug-likeness (QED) is 0.187. The van der Waals surface area contributed by atoms with Crippen LogP contribution in [0.3, 0.4) is 0 Å². The first-order chi connectivity index (χ1) is 24.8. The summed E-state index contributed by atoms with van der Waals surface area (Å²) in [6.45, 7) is 0. The van der Waals surface area contributed by atoms with Crippen molar-refractivity contribution in [2.24, 2.45) is 0 Å². The van der Waals surface area contributed by atoms with E-state index in [1.807, 2.05) is 84.9 Å². The average molecular weight is 642 g/mol. The second-order valence-corrected chi connectivity index (χ2v) is 12.3. The van der Waals surface area contributed by atoms with Crippen molar-refractivity contribution in [3.8, 4) is 51.3 Å². The molecule has 0 fully saturated rings. The molecule has 0 amide bonds. The minimum absolute atomic E-state index is 0.605. The second kappa shape index (κ2) is 11.4. The Kier molecular flexibility index (Phi) is 6.39. The molecule has 50 heavy (non-hydrogen) atoms. The number of para-hydroxylation sites is 4. The molecule has 0 spiro atoms. The smallest absolute Gasteiger partial charge is 0.229 e. The number of hydrogen-bond donors (Lipinski definition) is 0. The molecule has 0 N–H and O–H groups in total. The second-order valence-electron chi connectivity index (χ2n) is 12.3. The van der Waals surface area contributed by atoms with Crippen LogP contribution in [0.4, 0.5) is 0 Å². The van der Waals surface area contributed by atoms with Gasteiger partial charge in [-0.3, -0.25) is 0 Å². The monoisotopic (exact) mass is 641 g/mol. The summed E-state index contributed by atoms with van der Waals surface area (Å²) in [5.74, 6) is 2.53. The Morgan fingerprint density at radius 1 is 0.440 bits per heavy atom. The summed E-state index contributed by atoms with van der Waals surface area (Å²) in [7, 11) is 0. The predicted molar refractivity (Wildman–Crippen MR) is 201 cm³/mol. The summed E-state index contributed by atoms with van der Waals surface area (Å²) in [6, 6.07) is 55.9. The molecule has 0 unspecified atom stereocenters. The number of hydrogen-bond acceptors (Lipinski definition) is 5. The van der Waals surface area contributed by atoms with Crippen LogP contribution >= 0.6 is 0 Å². The van der Waals surface area contributed by atoms with Crippen molar-refractivity contribution in [1.29, 1.82) is 0 Å². The Morgan fingerprint density at radius 2 is 1.06 bits per heavy atom. The lowest BCUT2D eigenvalue weighted by Crippen LogP contribution is -2.00. The number of nitrogens with zero attached hydrogens (tertiary/aromatic N) is 5. The highest BCUT2D eigenvalue weighted by Gasteiger charge is 2.20. The molecule has 3 heterocycles. The highest BCUT2D eigenvalue weighted by Crippen LogP contribution is 2.39. The van der Waals surface area contributed by atoms with Crippen LogP contribution in [-0.4, -0.2) is 24.5 Å². The number of benzene rings is 7. The van der Waals surface area contributed by atoms with E-state index in [4.69, 9.17) is 24.4 Å². The van der Waals surface area contributed by atoms with Gasteiger partial charge in [0.05, 0.1) is 16.6 Å². The maximum Gasteiger partial charge on any atom is 0.229 e. The van der Waals surface area contributed by atoms with Crippen LogP contribution in [0.5, 0.6) is 0 Å². The lowest BCUT2D eigenvalue weighted by Gasteiger charge is -2.12. The van der Waals surface area contributed by atoms with Crippen molar-refractivity contribution in [3.05, 3.63) is 164 Å². The van der Waals surface area contributed by atoms with Gasteiger partial charge in [-0.15, -0.1) is 0 Å². The molecular formula is C44H27N5O. The molecule has 0 bridgehead atoms. The van der Waals surface area contributed by atoms with E-state index in [9.17, 15) is 0 Å². The molecule has 0 saturated heterocycles. The summed E-state index contributed by atoms with van der Waals surface area (Å²) < 4.78 is 8.63. The highest BCUT2D eigenvalue weighted by molar-refractivity contribution is 6.13. The van der Waals surface area contributed by atoms with Crippen molar-refractivity contribution in [2.45, 2.75) is 0 Å². The van der Waals surface area contributed by atoms with E-state index in [1.54, 1.807) is 0 Å². The third-order valence-electron chi connectivity index (χ3n) is 9.26. The van der Waals surface area contributed by atoms with Gasteiger partial charge >= 0.3 is 0 Å². The fourth-order valence-corrected chi connectivity index (χ4v) is 6.90. The zero-order valence-corrected chi connectivity index (χ0v) is 26.7. The van der Waals surface area contributed by atoms with E-state index in [1.165, 1.54) is 5.39 Å². The first kappa shape index (κ1) is 28.1. The molecule has 234 valence electrons. The maximum absolute atomic E-state index is 6.31. The van der Waals surface area contributed by atoms with Gasteiger partial charge in [0.25, 0.3) is 0 Å². The third kappa shape index (κ3) is 4.65. The minimum Gasteiger partial charge on any atom is -0.436 e. The van der Waals surface area contributed by atoms with E-state index in [2.05, 4.69) is 83.4 Å². The van der Waals surface area contributed by atoms with E-state index < -0.39 is 0 Å². The topological polar surface area (TPSA) is 69.6 Å². The van der Waals surface area contributed by atoms with E-state index >= 15 is 0 Å². The Morgan fingerprint density at radius 3 is 1.82 bits per heavy atom. The average Bonchev–Trinajstić information content (AvgIpc) is 3.78. The molecule has 6 nitrogen and oxygen atoms in total. The maximum atomic E-state index is 6.31. The van der Waals surface area contributed by atoms with Crippen LogP contribution in [0.15, 0.2) is 168 Å². The Balaban J connectivity index is 1.13. The zero-order chi connectivity index (χ0) is 33.0. The van der Waals surface area contributed by atoms with E-state index in [-0.39, 0.29) is 0 Å². The number of oxazole rings is 1. The molecule has 0 aliphatic heterocycles. The first-order valence-electron chi connectivity index (χ1n) is 16.6. The molecule has 10 rings (SSSR count). The molecular weight excluding hydrogens is 615 g/mol. The summed E-state index contributed by atoms with van der Waals surface area (Å²) in [5, 5.41) is 4.52. The van der Waals surface area contributed by atoms with E-state index in [0.717, 1.165) is 66.2 Å². The van der Waals surface area contributed by atoms with Crippen LogP contribution in [-0.2, 0) is 0 Å². The van der Waals surface area contributed by atoms with Gasteiger partial charge in [0, 0.05) is 33.2 Å². The van der Waals surface area contributed by atoms with Crippen LogP contribution in [0.2, 0.25) is 0 Å². The van der Waals surface area contributed by atoms with Crippen LogP contribution in [0, 0.1) is 0 Å². The fraction of sp³-hybridized carbons (Fsp3) is 0. The summed E-state index contributed by atoms with van der Waals surface area (Å²) >= 11 is 0. The SMILES string of the molecule is c1ccc(-c2nc(-c3ccccc3)nc(-c3ccc4cc(-n5c6ccccc6c6cccc(-c7nc8ccccc8o7)c65)ccc4c3)n2)cc1. The molecule has 7 aromatic carbocycles. The van der Waals surface area contributed by atoms with Crippen LogP contribution in [0.25, 0.3) is 95.0 Å². The summed E-state index contributed by atoms with van der Waals surface area (Å²) in [4.78, 5) is 19.6. The molecule has 0 aliphatic carbocycles. The van der Waals surface area contributed by atoms with Crippen molar-refractivity contribution >= 4 is 43.7 Å². The van der Waals surface area contributed by atoms with Gasteiger partial charge in [0.2, 0.25) is 5.89 Å². The molecule has 0 saturated carbocycles. The third-order valence-corrected chi connectivity index (χ3v) is 9.26. The largest absolute Gasteiger partial charge is 0.436 e. The molecule has 0 atom stereocenters. The molecule has 0 radical (unpaired) electrons. The Hall–Kier alpha value is -6.92. The Labute approximate surface area is 287 Å². The lowest BCUT2D eigenvalue weighted by atomic mass is 10.0. The summed E-state index contributed by atoms with van der Waals surface area (Å²) in [5.41, 5.74) is 8.61. The molecule has 3 aromatic heterocycles. The molecule has 10 aromatic rings. The molecule has 0 aliphatic rings. The van der Waals surface area contributed by atoms with Crippen molar-refractivity contribution in [2.75, 3.05) is 0 Å². The van der Waals surface area contributed by atoms with Crippen LogP contribution in [0.1, 0.15) is 0 Å². The van der Waals surface area contributed by atoms with Gasteiger partial charge in [-0.2, -0.15) is 0 Å². The minimum atomic E-state index is 0.605. The van der Waals surface area contributed by atoms with Crippen molar-refractivity contribution in [1.82, 2.24) is 24.5 Å². The lowest BCUT2D eigenvalue weighted by molar-refractivity contribution is 0.620. The van der Waals surface area contributed by atoms with Crippen molar-refractivity contribution in [3.63, 3.8) is 0 Å². The van der Waals surface area contributed by atoms with Gasteiger partial charge in [-0.25, -0.2) is 19.9 Å². The fourth-order valence-electron chi connectivity index (χ4n) is 6.90. The van der Waals surface area contributed by atoms with Crippen LogP contribution < -0.4 is 0 Å². The van der Waals surface area contributed by atoms with Gasteiger partial charge in [-0.05, 0) is 53.2 Å². The number of aromatic nitrogens is 5. The molecule has 6 heteroatoms. The van der Waals surface area contributed by atoms with Gasteiger partial charge in [0.15, 0.2) is 23.1 Å². The predicted octanol–water partition coefficient (Wildman–Crippen LogP) is 10.9. The van der Waals surface area contributed by atoms with Crippen molar-refractivity contribution < 1.29 is 4.42 Å². The standard InChI is InChI=1S/C44H27N5O/c1-3-12-28(13-4-1)41-46-42(29-14-5-2-6-15-29)48-43(47-41)32-23-22-31-27-33(25-24-30(31)26-32)49-38-20-9-7-16-34(38)35-17-11-18-36(40(35)49)44-45-37-19-8-10-21-39(37)50-44/h1-27H. The Bertz CT molecular complexity index is 2780. The normalized spacial score (nSPS) is 11.6. The van der Waals surface area contributed by atoms with Gasteiger partial charge in [-0.1, -0.05) is 121 Å². The number of rotatable bonds is 5. The van der Waals surface area contributed by atoms with Gasteiger partial charge in [0.1, 0.15) is 5.52 Å². The zero-order valence-electron chi connectivity index (χ0n) is 26.7. The first-order valence-corrected chi connectivity index (χ1v) is 16.6. The van der Waals surface area contributed by atoms with Gasteiger partial charge < -0.3 is 8.98 Å². The number of fused-ring (bicyclic) bond motifs is 5. The summed E-state index contributed by atoms with van der Waals surface area (Å²) in [6.07, 6.45) is 0. The van der Waals surface area contributed by atoms with E-state index in [0.29, 0.717) is 23.4 Å².